The maximum Gasteiger partial charge on any atom is 0.227 e. The number of benzene rings is 3. The highest BCUT2D eigenvalue weighted by Crippen LogP contribution is 2.38. The van der Waals surface area contributed by atoms with Crippen LogP contribution in [-0.2, 0) is 17.6 Å². The SMILES string of the molecule is COc1ccc2cc(C(C)C(=O)NCC3(C)CCc4c(C)cc(C)c(C)c4C3)ccc2c1. The van der Waals surface area contributed by atoms with E-state index in [9.17, 15) is 4.79 Å². The molecule has 0 heterocycles. The molecule has 168 valence electrons. The van der Waals surface area contributed by atoms with Crippen molar-refractivity contribution in [2.75, 3.05) is 13.7 Å². The van der Waals surface area contributed by atoms with Gasteiger partial charge in [0.2, 0.25) is 5.91 Å². The fourth-order valence-electron chi connectivity index (χ4n) is 5.15. The van der Waals surface area contributed by atoms with E-state index in [4.69, 9.17) is 4.74 Å². The molecule has 0 fully saturated rings. The predicted molar refractivity (Wildman–Crippen MR) is 133 cm³/mol. The van der Waals surface area contributed by atoms with Gasteiger partial charge in [-0.25, -0.2) is 0 Å². The Morgan fingerprint density at radius 1 is 1.03 bits per heavy atom. The average Bonchev–Trinajstić information content (AvgIpc) is 2.79. The summed E-state index contributed by atoms with van der Waals surface area (Å²) in [6, 6.07) is 14.6. The third-order valence-corrected chi connectivity index (χ3v) is 7.55. The van der Waals surface area contributed by atoms with E-state index < -0.39 is 0 Å². The zero-order chi connectivity index (χ0) is 23.0. The lowest BCUT2D eigenvalue weighted by molar-refractivity contribution is -0.122. The van der Waals surface area contributed by atoms with Crippen molar-refractivity contribution >= 4 is 16.7 Å². The number of carbonyl (C=O) groups excluding carboxylic acids is 1. The zero-order valence-electron chi connectivity index (χ0n) is 20.3. The van der Waals surface area contributed by atoms with Gasteiger partial charge in [0.1, 0.15) is 5.75 Å². The molecule has 3 aromatic rings. The van der Waals surface area contributed by atoms with Crippen LogP contribution in [0, 0.1) is 26.2 Å². The van der Waals surface area contributed by atoms with Gasteiger partial charge in [0, 0.05) is 6.54 Å². The Bertz CT molecular complexity index is 1180. The first-order chi connectivity index (χ1) is 15.2. The number of hydrogen-bond donors (Lipinski definition) is 1. The topological polar surface area (TPSA) is 38.3 Å². The molecular formula is C29H35NO2. The molecule has 3 heteroatoms. The third-order valence-electron chi connectivity index (χ3n) is 7.55. The van der Waals surface area contributed by atoms with Gasteiger partial charge in [0.05, 0.1) is 13.0 Å². The van der Waals surface area contributed by atoms with Gasteiger partial charge in [-0.1, -0.05) is 37.3 Å². The number of rotatable bonds is 5. The van der Waals surface area contributed by atoms with Crippen molar-refractivity contribution in [1.29, 1.82) is 0 Å². The summed E-state index contributed by atoms with van der Waals surface area (Å²) in [6.07, 6.45) is 3.23. The maximum atomic E-state index is 13.1. The third kappa shape index (κ3) is 4.26. The van der Waals surface area contributed by atoms with E-state index >= 15 is 0 Å². The van der Waals surface area contributed by atoms with Gasteiger partial charge >= 0.3 is 0 Å². The molecule has 4 rings (SSSR count). The molecular weight excluding hydrogens is 394 g/mol. The molecule has 2 unspecified atom stereocenters. The number of amides is 1. The fraction of sp³-hybridized carbons (Fsp3) is 0.414. The van der Waals surface area contributed by atoms with E-state index in [1.54, 1.807) is 7.11 Å². The standard InChI is InChI=1S/C29H35NO2/c1-18-13-19(2)26-11-12-29(5,16-27(26)20(18)3)17-30-28(31)21(4)22-7-8-24-15-25(32-6)10-9-23(24)14-22/h7-10,13-15,21H,11-12,16-17H2,1-6H3,(H,30,31). The molecule has 1 aliphatic rings. The Balaban J connectivity index is 1.46. The second-order valence-corrected chi connectivity index (χ2v) is 9.99. The number of aryl methyl sites for hydroxylation is 2. The highest BCUT2D eigenvalue weighted by atomic mass is 16.5. The Morgan fingerprint density at radius 2 is 1.75 bits per heavy atom. The number of carbonyl (C=O) groups is 1. The molecule has 2 atom stereocenters. The van der Waals surface area contributed by atoms with Crippen LogP contribution in [0.1, 0.15) is 59.6 Å². The number of ether oxygens (including phenoxy) is 1. The van der Waals surface area contributed by atoms with Gasteiger partial charge in [-0.2, -0.15) is 0 Å². The van der Waals surface area contributed by atoms with Crippen molar-refractivity contribution in [3.8, 4) is 5.75 Å². The van der Waals surface area contributed by atoms with Crippen LogP contribution in [0.5, 0.6) is 5.75 Å². The normalized spacial score (nSPS) is 18.8. The van der Waals surface area contributed by atoms with Gasteiger partial charge in [-0.05, 0) is 109 Å². The number of methoxy groups -OCH3 is 1. The molecule has 1 N–H and O–H groups in total. The van der Waals surface area contributed by atoms with E-state index in [0.717, 1.165) is 41.3 Å². The molecule has 0 saturated carbocycles. The lowest BCUT2D eigenvalue weighted by Crippen LogP contribution is -2.41. The van der Waals surface area contributed by atoms with Crippen LogP contribution in [0.3, 0.4) is 0 Å². The first-order valence-electron chi connectivity index (χ1n) is 11.6. The molecule has 3 nitrogen and oxygen atoms in total. The number of fused-ring (bicyclic) bond motifs is 2. The Hall–Kier alpha value is -2.81. The van der Waals surface area contributed by atoms with Crippen molar-refractivity contribution in [3.63, 3.8) is 0 Å². The van der Waals surface area contributed by atoms with Crippen LogP contribution in [0.25, 0.3) is 10.8 Å². The van der Waals surface area contributed by atoms with Gasteiger partial charge < -0.3 is 10.1 Å². The largest absolute Gasteiger partial charge is 0.497 e. The number of nitrogens with one attached hydrogen (secondary N) is 1. The molecule has 0 aliphatic heterocycles. The highest BCUT2D eigenvalue weighted by molar-refractivity contribution is 5.88. The number of hydrogen-bond acceptors (Lipinski definition) is 2. The van der Waals surface area contributed by atoms with E-state index in [2.05, 4.69) is 63.3 Å². The average molecular weight is 430 g/mol. The van der Waals surface area contributed by atoms with Gasteiger partial charge in [0.15, 0.2) is 0 Å². The first kappa shape index (κ1) is 22.4. The van der Waals surface area contributed by atoms with Crippen LogP contribution in [0.4, 0.5) is 0 Å². The van der Waals surface area contributed by atoms with Crippen molar-refractivity contribution in [1.82, 2.24) is 5.32 Å². The zero-order valence-corrected chi connectivity index (χ0v) is 20.3. The monoisotopic (exact) mass is 429 g/mol. The van der Waals surface area contributed by atoms with E-state index in [0.29, 0.717) is 6.54 Å². The Kier molecular flexibility index (Phi) is 6.03. The molecule has 0 spiro atoms. The summed E-state index contributed by atoms with van der Waals surface area (Å²) in [4.78, 5) is 13.1. The van der Waals surface area contributed by atoms with Crippen LogP contribution < -0.4 is 10.1 Å². The van der Waals surface area contributed by atoms with Crippen LogP contribution in [0.2, 0.25) is 0 Å². The van der Waals surface area contributed by atoms with Crippen molar-refractivity contribution < 1.29 is 9.53 Å². The molecule has 0 saturated heterocycles. The second kappa shape index (κ2) is 8.61. The van der Waals surface area contributed by atoms with Gasteiger partial charge in [0.25, 0.3) is 0 Å². The molecule has 0 bridgehead atoms. The minimum Gasteiger partial charge on any atom is -0.497 e. The summed E-state index contributed by atoms with van der Waals surface area (Å²) >= 11 is 0. The van der Waals surface area contributed by atoms with Gasteiger partial charge in [-0.15, -0.1) is 0 Å². The van der Waals surface area contributed by atoms with Crippen molar-refractivity contribution in [3.05, 3.63) is 75.8 Å². The maximum absolute atomic E-state index is 13.1. The quantitative estimate of drug-likeness (QED) is 0.525. The van der Waals surface area contributed by atoms with E-state index in [1.165, 1.54) is 27.8 Å². The molecule has 3 aromatic carbocycles. The smallest absolute Gasteiger partial charge is 0.227 e. The predicted octanol–water partition coefficient (Wildman–Crippen LogP) is 6.19. The Labute approximate surface area is 192 Å². The summed E-state index contributed by atoms with van der Waals surface area (Å²) < 4.78 is 5.32. The summed E-state index contributed by atoms with van der Waals surface area (Å²) in [5, 5.41) is 5.52. The highest BCUT2D eigenvalue weighted by Gasteiger charge is 2.32. The van der Waals surface area contributed by atoms with Crippen molar-refractivity contribution in [2.45, 2.75) is 59.8 Å². The Morgan fingerprint density at radius 3 is 2.50 bits per heavy atom. The summed E-state index contributed by atoms with van der Waals surface area (Å²) in [5.74, 6) is 0.758. The van der Waals surface area contributed by atoms with Crippen molar-refractivity contribution in [2.24, 2.45) is 5.41 Å². The molecule has 1 amide bonds. The summed E-state index contributed by atoms with van der Waals surface area (Å²) in [7, 11) is 1.68. The minimum absolute atomic E-state index is 0.0906. The molecule has 0 aromatic heterocycles. The second-order valence-electron chi connectivity index (χ2n) is 9.99. The van der Waals surface area contributed by atoms with Crippen LogP contribution in [0.15, 0.2) is 42.5 Å². The fourth-order valence-corrected chi connectivity index (χ4v) is 5.15. The lowest BCUT2D eigenvalue weighted by Gasteiger charge is -2.37. The van der Waals surface area contributed by atoms with Gasteiger partial charge in [-0.3, -0.25) is 4.79 Å². The van der Waals surface area contributed by atoms with E-state index in [-0.39, 0.29) is 17.2 Å². The van der Waals surface area contributed by atoms with Crippen LogP contribution >= 0.6 is 0 Å². The first-order valence-corrected chi connectivity index (χ1v) is 11.6. The summed E-state index contributed by atoms with van der Waals surface area (Å²) in [6.45, 7) is 11.7. The minimum atomic E-state index is -0.188. The molecule has 32 heavy (non-hydrogen) atoms. The molecule has 1 aliphatic carbocycles. The summed E-state index contributed by atoms with van der Waals surface area (Å²) in [5.41, 5.74) is 8.37. The van der Waals surface area contributed by atoms with E-state index in [1.807, 2.05) is 19.1 Å². The lowest BCUT2D eigenvalue weighted by atomic mass is 9.70. The molecule has 0 radical (unpaired) electrons. The van der Waals surface area contributed by atoms with Crippen LogP contribution in [-0.4, -0.2) is 19.6 Å².